The summed E-state index contributed by atoms with van der Waals surface area (Å²) in [6.07, 6.45) is 0.877. The Labute approximate surface area is 212 Å². The van der Waals surface area contributed by atoms with E-state index in [1.165, 1.54) is 17.1 Å². The maximum Gasteiger partial charge on any atom is 0.573 e. The van der Waals surface area contributed by atoms with Gasteiger partial charge in [-0.25, -0.2) is 4.79 Å². The molecule has 2 aromatic carbocycles. The Bertz CT molecular complexity index is 972. The topological polar surface area (TPSA) is 45.1 Å². The van der Waals surface area contributed by atoms with Crippen molar-refractivity contribution < 1.29 is 22.7 Å². The Kier molecular flexibility index (Phi) is 11.5. The van der Waals surface area contributed by atoms with Crippen molar-refractivity contribution in [3.05, 3.63) is 71.9 Å². The quantitative estimate of drug-likeness (QED) is 0.207. The lowest BCUT2D eigenvalue weighted by Gasteiger charge is -2.29. The largest absolute Gasteiger partial charge is 0.573 e. The van der Waals surface area contributed by atoms with Crippen molar-refractivity contribution in [1.82, 2.24) is 9.91 Å². The van der Waals surface area contributed by atoms with E-state index in [0.29, 0.717) is 37.4 Å². The van der Waals surface area contributed by atoms with E-state index < -0.39 is 6.36 Å². The number of ether oxygens (including phenoxy) is 1. The third kappa shape index (κ3) is 9.40. The van der Waals surface area contributed by atoms with Crippen molar-refractivity contribution in [2.24, 2.45) is 11.0 Å². The molecule has 0 aromatic heterocycles. The summed E-state index contributed by atoms with van der Waals surface area (Å²) in [6, 6.07) is 15.3. The Hall–Kier alpha value is -3.29. The van der Waals surface area contributed by atoms with Crippen molar-refractivity contribution in [3.8, 4) is 5.75 Å². The molecule has 0 heterocycles. The third-order valence-electron chi connectivity index (χ3n) is 6.02. The fourth-order valence-corrected chi connectivity index (χ4v) is 3.90. The number of carbonyl (C=O) groups excluding carboxylic acids is 1. The fourth-order valence-electron chi connectivity index (χ4n) is 3.90. The Balaban J connectivity index is 2.29. The number of rotatable bonds is 13. The molecule has 8 heteroatoms. The molecule has 0 aliphatic heterocycles. The summed E-state index contributed by atoms with van der Waals surface area (Å²) < 4.78 is 41.5. The molecular weight excluding hydrogens is 467 g/mol. The van der Waals surface area contributed by atoms with Crippen molar-refractivity contribution >= 4 is 18.3 Å². The molecule has 2 amide bonds. The predicted octanol–water partition coefficient (Wildman–Crippen LogP) is 7.74. The smallest absolute Gasteiger partial charge is 0.406 e. The number of urea groups is 1. The zero-order valence-corrected chi connectivity index (χ0v) is 21.3. The first kappa shape index (κ1) is 28.9. The number of hydrazone groups is 1. The van der Waals surface area contributed by atoms with Crippen LogP contribution in [0.1, 0.15) is 57.6 Å². The molecule has 0 atom stereocenters. The van der Waals surface area contributed by atoms with Gasteiger partial charge in [0.25, 0.3) is 0 Å². The van der Waals surface area contributed by atoms with Crippen molar-refractivity contribution in [3.63, 3.8) is 0 Å². The molecule has 0 radical (unpaired) electrons. The van der Waals surface area contributed by atoms with Gasteiger partial charge in [-0.3, -0.25) is 0 Å². The van der Waals surface area contributed by atoms with Gasteiger partial charge in [-0.05, 0) is 47.6 Å². The van der Waals surface area contributed by atoms with Crippen LogP contribution in [-0.4, -0.2) is 42.1 Å². The van der Waals surface area contributed by atoms with E-state index in [9.17, 15) is 18.0 Å². The molecule has 196 valence electrons. The lowest BCUT2D eigenvalue weighted by Crippen LogP contribution is -2.42. The van der Waals surface area contributed by atoms with Crippen LogP contribution in [0.3, 0.4) is 0 Å². The Morgan fingerprint density at radius 1 is 1.06 bits per heavy atom. The number of amides is 2. The predicted molar refractivity (Wildman–Crippen MR) is 139 cm³/mol. The third-order valence-corrected chi connectivity index (χ3v) is 6.02. The summed E-state index contributed by atoms with van der Waals surface area (Å²) in [7, 11) is 0. The lowest BCUT2D eigenvalue weighted by atomic mass is 10.0. The monoisotopic (exact) mass is 503 g/mol. The molecular formula is C28H36F3N3O2. The minimum atomic E-state index is -4.75. The van der Waals surface area contributed by atoms with E-state index in [1.807, 2.05) is 37.3 Å². The average molecular weight is 504 g/mol. The van der Waals surface area contributed by atoms with Crippen molar-refractivity contribution in [1.29, 1.82) is 0 Å². The molecule has 0 N–H and O–H groups in total. The Morgan fingerprint density at radius 3 is 2.22 bits per heavy atom. The van der Waals surface area contributed by atoms with Crippen LogP contribution in [0.2, 0.25) is 0 Å². The second-order valence-electron chi connectivity index (χ2n) is 8.61. The van der Waals surface area contributed by atoms with Crippen LogP contribution in [-0.2, 0) is 6.42 Å². The second kappa shape index (κ2) is 14.3. The van der Waals surface area contributed by atoms with Crippen LogP contribution >= 0.6 is 0 Å². The summed E-state index contributed by atoms with van der Waals surface area (Å²) >= 11 is 0. The van der Waals surface area contributed by atoms with E-state index in [-0.39, 0.29) is 11.8 Å². The van der Waals surface area contributed by atoms with Crippen LogP contribution in [0.25, 0.3) is 5.57 Å². The molecule has 0 unspecified atom stereocenters. The molecule has 2 rings (SSSR count). The van der Waals surface area contributed by atoms with E-state index >= 15 is 0 Å². The fraction of sp³-hybridized carbons (Fsp3) is 0.429. The van der Waals surface area contributed by atoms with Gasteiger partial charge in [-0.2, -0.15) is 10.1 Å². The van der Waals surface area contributed by atoms with Gasteiger partial charge in [0.1, 0.15) is 5.75 Å². The summed E-state index contributed by atoms with van der Waals surface area (Å²) in [4.78, 5) is 15.4. The standard InChI is InChI=1S/C28H36F3N3O2/c1-5-11-25(24-14-16-26(17-15-24)36-28(29,30)31)21-34(32-4)27(35)33(20-22(6-2)7-3)19-18-23-12-9-8-10-13-23/h8-10,12-17,21-22H,4-7,11,18-20H2,1-3H3/b25-21+. The first-order valence-corrected chi connectivity index (χ1v) is 12.4. The van der Waals surface area contributed by atoms with Crippen LogP contribution in [0.5, 0.6) is 5.75 Å². The minimum absolute atomic E-state index is 0.279. The minimum Gasteiger partial charge on any atom is -0.406 e. The van der Waals surface area contributed by atoms with Gasteiger partial charge in [0.15, 0.2) is 0 Å². The highest BCUT2D eigenvalue weighted by Gasteiger charge is 2.31. The molecule has 2 aromatic rings. The number of hydrogen-bond acceptors (Lipinski definition) is 3. The first-order valence-electron chi connectivity index (χ1n) is 12.4. The average Bonchev–Trinajstić information content (AvgIpc) is 2.86. The van der Waals surface area contributed by atoms with Gasteiger partial charge >= 0.3 is 12.4 Å². The van der Waals surface area contributed by atoms with Crippen molar-refractivity contribution in [2.75, 3.05) is 13.1 Å². The first-order chi connectivity index (χ1) is 17.2. The highest BCUT2D eigenvalue weighted by atomic mass is 19.4. The molecule has 36 heavy (non-hydrogen) atoms. The summed E-state index contributed by atoms with van der Waals surface area (Å²) in [5.41, 5.74) is 2.59. The van der Waals surface area contributed by atoms with Gasteiger partial charge in [-0.1, -0.05) is 82.5 Å². The lowest BCUT2D eigenvalue weighted by molar-refractivity contribution is -0.274. The number of allylic oxidation sites excluding steroid dienone is 1. The number of hydrogen-bond donors (Lipinski definition) is 0. The van der Waals surface area contributed by atoms with Crippen LogP contribution in [0, 0.1) is 5.92 Å². The van der Waals surface area contributed by atoms with E-state index in [1.54, 1.807) is 23.2 Å². The Morgan fingerprint density at radius 2 is 1.69 bits per heavy atom. The summed E-state index contributed by atoms with van der Waals surface area (Å²) in [6.45, 7) is 11.0. The number of nitrogens with zero attached hydrogens (tertiary/aromatic N) is 3. The van der Waals surface area contributed by atoms with E-state index in [0.717, 1.165) is 30.4 Å². The molecule has 0 saturated heterocycles. The number of carbonyl (C=O) groups is 1. The van der Waals surface area contributed by atoms with Gasteiger partial charge in [0, 0.05) is 26.0 Å². The molecule has 0 aliphatic carbocycles. The normalized spacial score (nSPS) is 11.9. The van der Waals surface area contributed by atoms with E-state index in [4.69, 9.17) is 0 Å². The highest BCUT2D eigenvalue weighted by Crippen LogP contribution is 2.27. The van der Waals surface area contributed by atoms with E-state index in [2.05, 4.69) is 30.4 Å². The van der Waals surface area contributed by atoms with Gasteiger partial charge in [-0.15, -0.1) is 13.2 Å². The van der Waals surface area contributed by atoms with Crippen molar-refractivity contribution in [2.45, 2.75) is 59.2 Å². The molecule has 0 fully saturated rings. The van der Waals surface area contributed by atoms with Crippen LogP contribution in [0.4, 0.5) is 18.0 Å². The second-order valence-corrected chi connectivity index (χ2v) is 8.61. The van der Waals surface area contributed by atoms with Crippen LogP contribution in [0.15, 0.2) is 65.9 Å². The van der Waals surface area contributed by atoms with Gasteiger partial charge in [0.05, 0.1) is 0 Å². The zero-order chi connectivity index (χ0) is 26.6. The molecule has 5 nitrogen and oxygen atoms in total. The van der Waals surface area contributed by atoms with Gasteiger partial charge in [0.2, 0.25) is 0 Å². The number of halogens is 3. The van der Waals surface area contributed by atoms with Gasteiger partial charge < -0.3 is 9.64 Å². The number of alkyl halides is 3. The SMILES string of the molecule is C=NN(/C=C(\CCC)c1ccc(OC(F)(F)F)cc1)C(=O)N(CCc1ccccc1)CC(CC)CC. The zero-order valence-electron chi connectivity index (χ0n) is 21.3. The van der Waals surface area contributed by atoms with Crippen LogP contribution < -0.4 is 4.74 Å². The number of benzene rings is 2. The summed E-state index contributed by atoms with van der Waals surface area (Å²) in [5, 5.41) is 5.21. The molecule has 0 aliphatic rings. The molecule has 0 spiro atoms. The molecule has 0 bridgehead atoms. The summed E-state index contributed by atoms with van der Waals surface area (Å²) in [5.74, 6) is 0.0609. The highest BCUT2D eigenvalue weighted by molar-refractivity contribution is 5.78. The maximum absolute atomic E-state index is 13.6. The maximum atomic E-state index is 13.6. The molecule has 0 saturated carbocycles.